The molecule has 0 atom stereocenters. The Morgan fingerprint density at radius 1 is 0.242 bits per heavy atom. The standard InChI is InChI=1S/C61H35N5/c1-2-12-43-37(10-1)11-7-21-56(43)61-65-59(38-24-22-36(23-25-38)42-33-62-35-63-34-42)64-60(66-61)41-31-39(44-26-28-54-48-15-5-3-13-46(48)52-19-8-17-50(44)57(52)54)30-40(32-41)45-27-29-55-49-16-6-4-14-47(49)53-20-9-18-51(45)58(53)55/h1-35H. The average Bonchev–Trinajstić information content (AvgIpc) is 3.90. The minimum absolute atomic E-state index is 0.594. The molecule has 0 bridgehead atoms. The van der Waals surface area contributed by atoms with E-state index in [1.54, 1.807) is 6.33 Å². The third-order valence-corrected chi connectivity index (χ3v) is 13.6. The van der Waals surface area contributed by atoms with Crippen LogP contribution >= 0.6 is 0 Å². The summed E-state index contributed by atoms with van der Waals surface area (Å²) < 4.78 is 0. The summed E-state index contributed by atoms with van der Waals surface area (Å²) in [4.78, 5) is 24.5. The van der Waals surface area contributed by atoms with Gasteiger partial charge in [-0.3, -0.25) is 0 Å². The first kappa shape index (κ1) is 36.5. The summed E-state index contributed by atoms with van der Waals surface area (Å²) in [5.74, 6) is 1.81. The number of hydrogen-bond acceptors (Lipinski definition) is 5. The largest absolute Gasteiger partial charge is 0.244 e. The van der Waals surface area contributed by atoms with Gasteiger partial charge < -0.3 is 0 Å². The summed E-state index contributed by atoms with van der Waals surface area (Å²) in [6.07, 6.45) is 5.20. The fraction of sp³-hybridized carbons (Fsp3) is 0. The Kier molecular flexibility index (Phi) is 7.91. The van der Waals surface area contributed by atoms with E-state index in [0.717, 1.165) is 60.8 Å². The van der Waals surface area contributed by atoms with Gasteiger partial charge in [-0.15, -0.1) is 0 Å². The molecule has 0 fully saturated rings. The number of hydrogen-bond donors (Lipinski definition) is 0. The maximum absolute atomic E-state index is 5.40. The van der Waals surface area contributed by atoms with E-state index in [2.05, 4.69) is 204 Å². The van der Waals surface area contributed by atoms with E-state index >= 15 is 0 Å². The van der Waals surface area contributed by atoms with Crippen molar-refractivity contribution in [3.63, 3.8) is 0 Å². The molecule has 0 saturated heterocycles. The SMILES string of the molecule is c1ccc2c(c1)-c1cccc3c(-c4cc(-c5nc(-c6ccc(-c7cncnc7)cc6)nc(-c6cccc7ccccc67)n5)cc(-c5ccc6c7c(cccc57)-c5ccccc5-6)c4)ccc-2c13. The predicted molar refractivity (Wildman–Crippen MR) is 269 cm³/mol. The van der Waals surface area contributed by atoms with E-state index in [-0.39, 0.29) is 0 Å². The molecule has 0 spiro atoms. The summed E-state index contributed by atoms with van der Waals surface area (Å²) in [5, 5.41) is 7.23. The van der Waals surface area contributed by atoms with Gasteiger partial charge in [0.2, 0.25) is 0 Å². The molecular weight excluding hydrogens is 803 g/mol. The summed E-state index contributed by atoms with van der Waals surface area (Å²) >= 11 is 0. The number of aromatic nitrogens is 5. The highest BCUT2D eigenvalue weighted by molar-refractivity contribution is 6.20. The van der Waals surface area contributed by atoms with Gasteiger partial charge in [-0.1, -0.05) is 176 Å². The third-order valence-electron chi connectivity index (χ3n) is 13.6. The van der Waals surface area contributed by atoms with Crippen LogP contribution < -0.4 is 0 Å². The average molecular weight is 838 g/mol. The smallest absolute Gasteiger partial charge is 0.164 e. The normalized spacial score (nSPS) is 11.9. The molecule has 0 unspecified atom stereocenters. The molecule has 0 saturated carbocycles. The van der Waals surface area contributed by atoms with Crippen LogP contribution in [0.25, 0.3) is 144 Å². The predicted octanol–water partition coefficient (Wildman–Crippen LogP) is 15.4. The van der Waals surface area contributed by atoms with Crippen LogP contribution in [-0.4, -0.2) is 24.9 Å². The Hall–Kier alpha value is -8.93. The lowest BCUT2D eigenvalue weighted by molar-refractivity contribution is 1.08. The second-order valence-corrected chi connectivity index (χ2v) is 17.2. The highest BCUT2D eigenvalue weighted by Crippen LogP contribution is 2.52. The van der Waals surface area contributed by atoms with E-state index in [1.165, 1.54) is 66.1 Å². The zero-order chi connectivity index (χ0) is 43.3. The molecule has 2 aliphatic carbocycles. The molecule has 66 heavy (non-hydrogen) atoms. The molecule has 5 heteroatoms. The number of rotatable bonds is 6. The first-order valence-corrected chi connectivity index (χ1v) is 22.3. The van der Waals surface area contributed by atoms with Gasteiger partial charge in [0.15, 0.2) is 17.5 Å². The number of benzene rings is 10. The lowest BCUT2D eigenvalue weighted by Crippen LogP contribution is -2.01. The second kappa shape index (κ2) is 14.3. The summed E-state index contributed by atoms with van der Waals surface area (Å²) in [6, 6.07) is 70.2. The van der Waals surface area contributed by atoms with Crippen LogP contribution in [0.15, 0.2) is 213 Å². The van der Waals surface area contributed by atoms with Crippen molar-refractivity contribution in [2.75, 3.05) is 0 Å². The van der Waals surface area contributed by atoms with Crippen LogP contribution in [-0.2, 0) is 0 Å². The van der Waals surface area contributed by atoms with E-state index in [9.17, 15) is 0 Å². The Bertz CT molecular complexity index is 3770. The fourth-order valence-corrected chi connectivity index (χ4v) is 10.6. The molecular formula is C61H35N5. The van der Waals surface area contributed by atoms with E-state index in [4.69, 9.17) is 15.0 Å². The Labute approximate surface area is 380 Å². The van der Waals surface area contributed by atoms with E-state index < -0.39 is 0 Å². The molecule has 0 N–H and O–H groups in total. The van der Waals surface area contributed by atoms with Crippen LogP contribution in [0, 0.1) is 0 Å². The van der Waals surface area contributed by atoms with Gasteiger partial charge in [-0.25, -0.2) is 24.9 Å². The van der Waals surface area contributed by atoms with Crippen molar-refractivity contribution in [1.29, 1.82) is 0 Å². The highest BCUT2D eigenvalue weighted by atomic mass is 15.0. The Morgan fingerprint density at radius 3 is 1.26 bits per heavy atom. The van der Waals surface area contributed by atoms with Gasteiger partial charge >= 0.3 is 0 Å². The lowest BCUT2D eigenvalue weighted by Gasteiger charge is -2.16. The second-order valence-electron chi connectivity index (χ2n) is 17.2. The van der Waals surface area contributed by atoms with Gasteiger partial charge in [-0.05, 0) is 123 Å². The molecule has 0 aliphatic heterocycles. The van der Waals surface area contributed by atoms with Crippen LogP contribution in [0.1, 0.15) is 0 Å². The van der Waals surface area contributed by atoms with Crippen molar-refractivity contribution in [1.82, 2.24) is 24.9 Å². The maximum Gasteiger partial charge on any atom is 0.164 e. The molecule has 2 heterocycles. The van der Waals surface area contributed by atoms with Crippen molar-refractivity contribution in [3.8, 4) is 112 Å². The van der Waals surface area contributed by atoms with Crippen LogP contribution in [0.5, 0.6) is 0 Å². The van der Waals surface area contributed by atoms with Gasteiger partial charge in [-0.2, -0.15) is 0 Å². The molecule has 14 rings (SSSR count). The summed E-state index contributed by atoms with van der Waals surface area (Å²) in [6.45, 7) is 0. The molecule has 12 aromatic rings. The molecule has 2 aliphatic rings. The summed E-state index contributed by atoms with van der Waals surface area (Å²) in [7, 11) is 0. The van der Waals surface area contributed by atoms with Crippen molar-refractivity contribution in [3.05, 3.63) is 213 Å². The first-order chi connectivity index (χ1) is 32.7. The molecule has 304 valence electrons. The van der Waals surface area contributed by atoms with Gasteiger partial charge in [0.1, 0.15) is 6.33 Å². The van der Waals surface area contributed by atoms with Crippen molar-refractivity contribution >= 4 is 32.3 Å². The summed E-state index contributed by atoms with van der Waals surface area (Å²) in [5.41, 5.74) is 19.4. The third kappa shape index (κ3) is 5.57. The minimum Gasteiger partial charge on any atom is -0.244 e. The molecule has 10 aromatic carbocycles. The highest BCUT2D eigenvalue weighted by Gasteiger charge is 2.25. The zero-order valence-electron chi connectivity index (χ0n) is 35.4. The Balaban J connectivity index is 1.02. The fourth-order valence-electron chi connectivity index (χ4n) is 10.6. The van der Waals surface area contributed by atoms with Crippen molar-refractivity contribution in [2.45, 2.75) is 0 Å². The van der Waals surface area contributed by atoms with Crippen molar-refractivity contribution in [2.24, 2.45) is 0 Å². The van der Waals surface area contributed by atoms with Crippen molar-refractivity contribution < 1.29 is 0 Å². The van der Waals surface area contributed by atoms with Gasteiger partial charge in [0, 0.05) is 34.6 Å². The van der Waals surface area contributed by atoms with Crippen LogP contribution in [0.3, 0.4) is 0 Å². The Morgan fingerprint density at radius 2 is 0.652 bits per heavy atom. The number of nitrogens with zero attached hydrogens (tertiary/aromatic N) is 5. The van der Waals surface area contributed by atoms with Gasteiger partial charge in [0.05, 0.1) is 0 Å². The monoisotopic (exact) mass is 837 g/mol. The molecule has 0 amide bonds. The zero-order valence-corrected chi connectivity index (χ0v) is 35.4. The maximum atomic E-state index is 5.40. The first-order valence-electron chi connectivity index (χ1n) is 22.3. The minimum atomic E-state index is 0.594. The van der Waals surface area contributed by atoms with Gasteiger partial charge in [0.25, 0.3) is 0 Å². The number of fused-ring (bicyclic) bond motifs is 7. The quantitative estimate of drug-likeness (QED) is 0.167. The molecule has 2 aromatic heterocycles. The molecule has 5 nitrogen and oxygen atoms in total. The van der Waals surface area contributed by atoms with E-state index in [0.29, 0.717) is 17.5 Å². The van der Waals surface area contributed by atoms with Crippen LogP contribution in [0.4, 0.5) is 0 Å². The van der Waals surface area contributed by atoms with E-state index in [1.807, 2.05) is 12.4 Å². The van der Waals surface area contributed by atoms with Crippen LogP contribution in [0.2, 0.25) is 0 Å². The molecule has 0 radical (unpaired) electrons. The lowest BCUT2D eigenvalue weighted by atomic mass is 9.89. The topological polar surface area (TPSA) is 64.5 Å².